The number of nitro benzene ring substituents is 1. The van der Waals surface area contributed by atoms with E-state index in [4.69, 9.17) is 16.3 Å². The Hall–Kier alpha value is -3.13. The van der Waals surface area contributed by atoms with Crippen molar-refractivity contribution in [1.29, 1.82) is 0 Å². The van der Waals surface area contributed by atoms with Gasteiger partial charge >= 0.3 is 0 Å². The molecule has 0 spiro atoms. The molecule has 0 aliphatic heterocycles. The predicted molar refractivity (Wildman–Crippen MR) is 121 cm³/mol. The van der Waals surface area contributed by atoms with Gasteiger partial charge < -0.3 is 9.64 Å². The average molecular weight is 445 g/mol. The van der Waals surface area contributed by atoms with E-state index in [1.807, 2.05) is 7.05 Å². The second-order valence-electron chi connectivity index (χ2n) is 7.44. The van der Waals surface area contributed by atoms with E-state index in [-0.39, 0.29) is 12.3 Å². The largest absolute Gasteiger partial charge is 0.484 e. The van der Waals surface area contributed by atoms with Crippen molar-refractivity contribution in [3.8, 4) is 5.75 Å². The van der Waals surface area contributed by atoms with E-state index >= 15 is 0 Å². The molecule has 0 atom stereocenters. The number of nitrogens with one attached hydrogen (secondary N) is 1. The number of nitro groups is 1. The minimum absolute atomic E-state index is 0.0281. The van der Waals surface area contributed by atoms with Crippen LogP contribution in [0.1, 0.15) is 37.7 Å². The van der Waals surface area contributed by atoms with Crippen molar-refractivity contribution in [2.24, 2.45) is 5.10 Å². The van der Waals surface area contributed by atoms with Gasteiger partial charge in [0.1, 0.15) is 5.75 Å². The van der Waals surface area contributed by atoms with Crippen LogP contribution in [0.3, 0.4) is 0 Å². The number of carbonyl (C=O) groups excluding carboxylic acids is 1. The summed E-state index contributed by atoms with van der Waals surface area (Å²) in [5.74, 6) is 0.0671. The van der Waals surface area contributed by atoms with E-state index in [2.05, 4.69) is 15.4 Å². The molecule has 1 saturated carbocycles. The number of amides is 1. The third-order valence-corrected chi connectivity index (χ3v) is 5.55. The Balaban J connectivity index is 1.66. The fourth-order valence-corrected chi connectivity index (χ4v) is 3.76. The van der Waals surface area contributed by atoms with Crippen molar-refractivity contribution in [1.82, 2.24) is 5.43 Å². The summed E-state index contributed by atoms with van der Waals surface area (Å²) < 4.78 is 5.38. The number of anilines is 1. The second kappa shape index (κ2) is 10.8. The Labute approximate surface area is 186 Å². The molecule has 164 valence electrons. The highest BCUT2D eigenvalue weighted by Gasteiger charge is 2.21. The topological polar surface area (TPSA) is 97.1 Å². The lowest BCUT2D eigenvalue weighted by Crippen LogP contribution is -2.34. The summed E-state index contributed by atoms with van der Waals surface area (Å²) in [4.78, 5) is 24.9. The number of hydrogen-bond donors (Lipinski definition) is 1. The van der Waals surface area contributed by atoms with Crippen molar-refractivity contribution in [3.05, 3.63) is 63.2 Å². The molecule has 1 aliphatic rings. The number of non-ortho nitro benzene ring substituents is 1. The van der Waals surface area contributed by atoms with E-state index in [1.165, 1.54) is 37.6 Å². The Morgan fingerprint density at radius 3 is 2.65 bits per heavy atom. The molecule has 0 unspecified atom stereocenters. The van der Waals surface area contributed by atoms with Gasteiger partial charge in [-0.25, -0.2) is 5.43 Å². The van der Waals surface area contributed by atoms with Crippen LogP contribution in [-0.4, -0.2) is 36.7 Å². The first-order valence-corrected chi connectivity index (χ1v) is 10.5. The number of halogens is 1. The number of hydrazone groups is 1. The van der Waals surface area contributed by atoms with Crippen molar-refractivity contribution < 1.29 is 14.5 Å². The molecule has 1 aliphatic carbocycles. The van der Waals surface area contributed by atoms with Crippen molar-refractivity contribution >= 4 is 35.1 Å². The van der Waals surface area contributed by atoms with Crippen molar-refractivity contribution in [3.63, 3.8) is 0 Å². The van der Waals surface area contributed by atoms with Crippen LogP contribution in [-0.2, 0) is 4.79 Å². The highest BCUT2D eigenvalue weighted by atomic mass is 35.5. The number of nitrogens with zero attached hydrogens (tertiary/aromatic N) is 3. The van der Waals surface area contributed by atoms with Crippen molar-refractivity contribution in [2.45, 2.75) is 38.1 Å². The zero-order valence-electron chi connectivity index (χ0n) is 17.3. The van der Waals surface area contributed by atoms with E-state index in [1.54, 1.807) is 30.3 Å². The van der Waals surface area contributed by atoms with Crippen LogP contribution in [0.25, 0.3) is 0 Å². The highest BCUT2D eigenvalue weighted by Crippen LogP contribution is 2.30. The van der Waals surface area contributed by atoms with Gasteiger partial charge in [-0.3, -0.25) is 14.9 Å². The maximum Gasteiger partial charge on any atom is 0.277 e. The maximum absolute atomic E-state index is 12.0. The molecule has 0 heterocycles. The molecule has 9 heteroatoms. The third kappa shape index (κ3) is 6.42. The van der Waals surface area contributed by atoms with Crippen LogP contribution in [0.2, 0.25) is 5.02 Å². The molecule has 31 heavy (non-hydrogen) atoms. The quantitative estimate of drug-likeness (QED) is 0.366. The van der Waals surface area contributed by atoms with Crippen LogP contribution >= 0.6 is 11.6 Å². The minimum Gasteiger partial charge on any atom is -0.484 e. The van der Waals surface area contributed by atoms with Gasteiger partial charge in [0, 0.05) is 41.5 Å². The Morgan fingerprint density at radius 1 is 1.26 bits per heavy atom. The Kier molecular flexibility index (Phi) is 7.83. The summed E-state index contributed by atoms with van der Waals surface area (Å²) in [5.41, 5.74) is 3.78. The molecule has 2 aromatic carbocycles. The van der Waals surface area contributed by atoms with Crippen LogP contribution in [0.5, 0.6) is 5.75 Å². The number of ether oxygens (including phenoxy) is 1. The van der Waals surface area contributed by atoms with Crippen LogP contribution in [0.4, 0.5) is 11.4 Å². The van der Waals surface area contributed by atoms with Gasteiger partial charge in [0.15, 0.2) is 6.61 Å². The van der Waals surface area contributed by atoms with Gasteiger partial charge in [-0.2, -0.15) is 5.10 Å². The van der Waals surface area contributed by atoms with Gasteiger partial charge in [0.2, 0.25) is 0 Å². The normalized spacial score (nSPS) is 14.4. The monoisotopic (exact) mass is 444 g/mol. The molecular weight excluding hydrogens is 420 g/mol. The van der Waals surface area contributed by atoms with E-state index in [0.29, 0.717) is 22.4 Å². The van der Waals surface area contributed by atoms with Crippen LogP contribution < -0.4 is 15.1 Å². The fourth-order valence-electron chi connectivity index (χ4n) is 3.63. The van der Waals surface area contributed by atoms with Gasteiger partial charge in [0.05, 0.1) is 11.1 Å². The van der Waals surface area contributed by atoms with Gasteiger partial charge in [0.25, 0.3) is 11.6 Å². The zero-order chi connectivity index (χ0) is 22.2. The summed E-state index contributed by atoms with van der Waals surface area (Å²) in [7, 11) is 1.99. The van der Waals surface area contributed by atoms with Gasteiger partial charge in [-0.1, -0.05) is 30.9 Å². The molecule has 0 radical (unpaired) electrons. The average Bonchev–Trinajstić information content (AvgIpc) is 2.78. The molecule has 2 aromatic rings. The lowest BCUT2D eigenvalue weighted by Gasteiger charge is -2.33. The Bertz CT molecular complexity index is 943. The lowest BCUT2D eigenvalue weighted by atomic mass is 9.94. The number of rotatable bonds is 8. The summed E-state index contributed by atoms with van der Waals surface area (Å²) in [6.07, 6.45) is 7.20. The predicted octanol–water partition coefficient (Wildman–Crippen LogP) is 4.55. The van der Waals surface area contributed by atoms with Gasteiger partial charge in [-0.15, -0.1) is 0 Å². The summed E-state index contributed by atoms with van der Waals surface area (Å²) in [6.45, 7) is -0.220. The number of carbonyl (C=O) groups is 1. The van der Waals surface area contributed by atoms with E-state index in [9.17, 15) is 14.9 Å². The molecule has 3 rings (SSSR count). The first kappa shape index (κ1) is 22.6. The summed E-state index contributed by atoms with van der Waals surface area (Å²) >= 11 is 5.82. The first-order valence-electron chi connectivity index (χ1n) is 10.2. The molecular formula is C22H25ClN4O4. The SMILES string of the molecule is CN(c1ccc([N+](=O)[O-])cc1/C=N\NC(=O)COc1ccc(Cl)cc1)C1CCCCC1. The molecule has 0 aromatic heterocycles. The van der Waals surface area contributed by atoms with E-state index < -0.39 is 10.8 Å². The lowest BCUT2D eigenvalue weighted by molar-refractivity contribution is -0.384. The number of benzene rings is 2. The fraction of sp³-hybridized carbons (Fsp3) is 0.364. The van der Waals surface area contributed by atoms with E-state index in [0.717, 1.165) is 18.5 Å². The smallest absolute Gasteiger partial charge is 0.277 e. The zero-order valence-corrected chi connectivity index (χ0v) is 18.0. The Morgan fingerprint density at radius 2 is 1.97 bits per heavy atom. The van der Waals surface area contributed by atoms with Crippen LogP contribution in [0.15, 0.2) is 47.6 Å². The molecule has 1 fully saturated rings. The number of hydrogen-bond acceptors (Lipinski definition) is 6. The summed E-state index contributed by atoms with van der Waals surface area (Å²) in [6, 6.07) is 11.7. The molecule has 1 N–H and O–H groups in total. The summed E-state index contributed by atoms with van der Waals surface area (Å²) in [5, 5.41) is 15.8. The van der Waals surface area contributed by atoms with Crippen LogP contribution in [0, 0.1) is 10.1 Å². The first-order chi connectivity index (χ1) is 14.9. The second-order valence-corrected chi connectivity index (χ2v) is 7.88. The minimum atomic E-state index is -0.446. The molecule has 8 nitrogen and oxygen atoms in total. The molecule has 0 saturated heterocycles. The highest BCUT2D eigenvalue weighted by molar-refractivity contribution is 6.30. The molecule has 0 bridgehead atoms. The molecule has 1 amide bonds. The standard InChI is InChI=1S/C22H25ClN4O4/c1-26(18-5-3-2-4-6-18)21-12-9-19(27(29)30)13-16(21)14-24-25-22(28)15-31-20-10-7-17(23)8-11-20/h7-14,18H,2-6,15H2,1H3,(H,25,28)/b24-14-. The third-order valence-electron chi connectivity index (χ3n) is 5.30. The van der Waals surface area contributed by atoms with Gasteiger partial charge in [-0.05, 0) is 43.2 Å². The van der Waals surface area contributed by atoms with Crippen molar-refractivity contribution in [2.75, 3.05) is 18.6 Å². The maximum atomic E-state index is 12.0.